The average Bonchev–Trinajstić information content (AvgIpc) is 3.14. The first-order valence-corrected chi connectivity index (χ1v) is 13.7. The van der Waals surface area contributed by atoms with Gasteiger partial charge >= 0.3 is 0 Å². The number of carbonyl (C=O) groups is 2. The molecule has 0 radical (unpaired) electrons. The van der Waals surface area contributed by atoms with Gasteiger partial charge in [0.05, 0.1) is 31.4 Å². The summed E-state index contributed by atoms with van der Waals surface area (Å²) in [7, 11) is 3.92. The molecule has 1 heterocycles. The van der Waals surface area contributed by atoms with E-state index in [1.54, 1.807) is 29.2 Å². The minimum absolute atomic E-state index is 0.0601. The van der Waals surface area contributed by atoms with E-state index in [0.717, 1.165) is 13.0 Å². The van der Waals surface area contributed by atoms with Crippen molar-refractivity contribution in [3.05, 3.63) is 59.2 Å². The van der Waals surface area contributed by atoms with Crippen molar-refractivity contribution in [2.45, 2.75) is 46.6 Å². The van der Waals surface area contributed by atoms with E-state index in [9.17, 15) is 14.7 Å². The quantitative estimate of drug-likeness (QED) is 0.199. The lowest BCUT2D eigenvalue weighted by Gasteiger charge is -2.26. The molecule has 1 atom stereocenters. The molecule has 212 valence electrons. The highest BCUT2D eigenvalue weighted by Crippen LogP contribution is 2.42. The lowest BCUT2D eigenvalue weighted by Crippen LogP contribution is -2.32. The molecule has 0 aromatic heterocycles. The van der Waals surface area contributed by atoms with Gasteiger partial charge in [-0.25, -0.2) is 0 Å². The molecule has 0 aliphatic carbocycles. The number of ether oxygens (including phenoxy) is 3. The number of likely N-dealkylation sites (tertiary alicyclic amines) is 1. The first-order chi connectivity index (χ1) is 18.7. The molecular formula is C31H42N2O6. The van der Waals surface area contributed by atoms with Crippen LogP contribution in [0.4, 0.5) is 0 Å². The molecule has 0 spiro atoms. The summed E-state index contributed by atoms with van der Waals surface area (Å²) in [5.41, 5.74) is 1.17. The van der Waals surface area contributed by atoms with E-state index in [4.69, 9.17) is 14.2 Å². The third-order valence-electron chi connectivity index (χ3n) is 6.52. The second-order valence-electron chi connectivity index (χ2n) is 10.3. The molecule has 8 heteroatoms. The summed E-state index contributed by atoms with van der Waals surface area (Å²) in [6, 6.07) is 11.6. The van der Waals surface area contributed by atoms with Crippen molar-refractivity contribution in [3.63, 3.8) is 0 Å². The largest absolute Gasteiger partial charge is 0.507 e. The highest BCUT2D eigenvalue weighted by molar-refractivity contribution is 6.46. The molecule has 0 saturated carbocycles. The number of nitrogens with zero attached hydrogens (tertiary/aromatic N) is 2. The van der Waals surface area contributed by atoms with E-state index in [0.29, 0.717) is 67.1 Å². The van der Waals surface area contributed by atoms with E-state index in [-0.39, 0.29) is 11.3 Å². The molecule has 0 bridgehead atoms. The number of ketones is 1. The van der Waals surface area contributed by atoms with Gasteiger partial charge in [-0.15, -0.1) is 0 Å². The maximum Gasteiger partial charge on any atom is 0.295 e. The van der Waals surface area contributed by atoms with Gasteiger partial charge in [0.25, 0.3) is 11.7 Å². The van der Waals surface area contributed by atoms with Crippen LogP contribution in [0.3, 0.4) is 0 Å². The van der Waals surface area contributed by atoms with E-state index in [1.807, 2.05) is 51.0 Å². The summed E-state index contributed by atoms with van der Waals surface area (Å²) in [6.07, 6.45) is 1.58. The van der Waals surface area contributed by atoms with Crippen molar-refractivity contribution in [1.29, 1.82) is 0 Å². The molecule has 1 aliphatic rings. The normalized spacial score (nSPS) is 16.8. The monoisotopic (exact) mass is 538 g/mol. The Balaban J connectivity index is 2.07. The fraction of sp³-hybridized carbons (Fsp3) is 0.484. The van der Waals surface area contributed by atoms with Crippen molar-refractivity contribution < 1.29 is 28.9 Å². The van der Waals surface area contributed by atoms with Crippen LogP contribution >= 0.6 is 0 Å². The van der Waals surface area contributed by atoms with Crippen LogP contribution in [0.15, 0.2) is 48.0 Å². The fourth-order valence-corrected chi connectivity index (χ4v) is 4.53. The Kier molecular flexibility index (Phi) is 10.8. The highest BCUT2D eigenvalue weighted by atomic mass is 16.5. The van der Waals surface area contributed by atoms with E-state index in [1.165, 1.54) is 0 Å². The third-order valence-corrected chi connectivity index (χ3v) is 6.52. The Morgan fingerprint density at radius 1 is 0.974 bits per heavy atom. The summed E-state index contributed by atoms with van der Waals surface area (Å²) in [5.74, 6) is 0.768. The summed E-state index contributed by atoms with van der Waals surface area (Å²) >= 11 is 0. The molecule has 3 rings (SSSR count). The Morgan fingerprint density at radius 3 is 2.28 bits per heavy atom. The Bertz CT molecular complexity index is 1160. The van der Waals surface area contributed by atoms with Crippen LogP contribution in [0.1, 0.15) is 57.7 Å². The van der Waals surface area contributed by atoms with Crippen LogP contribution in [-0.4, -0.2) is 73.6 Å². The second kappa shape index (κ2) is 14.0. The molecule has 2 aromatic carbocycles. The molecule has 1 aliphatic heterocycles. The Labute approximate surface area is 232 Å². The number of rotatable bonds is 14. The van der Waals surface area contributed by atoms with Gasteiger partial charge in [0.1, 0.15) is 11.5 Å². The number of benzene rings is 2. The number of hydrogen-bond acceptors (Lipinski definition) is 7. The SMILES string of the molecule is CCOc1ccc(/C(O)=C2\C(=O)C(=O)N(CCCN(C)C)C2c2ccc(OCCC(C)C)c(OCC)c2)cc1. The molecule has 1 N–H and O–H groups in total. The lowest BCUT2D eigenvalue weighted by atomic mass is 9.95. The van der Waals surface area contributed by atoms with Gasteiger partial charge in [0.2, 0.25) is 0 Å². The smallest absolute Gasteiger partial charge is 0.295 e. The van der Waals surface area contributed by atoms with Crippen molar-refractivity contribution >= 4 is 17.4 Å². The maximum atomic E-state index is 13.4. The van der Waals surface area contributed by atoms with Crippen LogP contribution in [0.2, 0.25) is 0 Å². The van der Waals surface area contributed by atoms with Crippen LogP contribution in [-0.2, 0) is 9.59 Å². The predicted octanol–water partition coefficient (Wildman–Crippen LogP) is 5.28. The summed E-state index contributed by atoms with van der Waals surface area (Å²) < 4.78 is 17.4. The molecule has 2 aromatic rings. The number of carbonyl (C=O) groups excluding carboxylic acids is 2. The standard InChI is InChI=1S/C31H42N2O6/c1-7-37-24-13-10-22(11-14-24)29(34)27-28(33(31(36)30(27)35)18-9-17-32(5)6)23-12-15-25(26(20-23)38-8-2)39-19-16-21(3)4/h10-15,20-21,28,34H,7-9,16-19H2,1-6H3/b29-27+. The van der Waals surface area contributed by atoms with Crippen LogP contribution < -0.4 is 14.2 Å². The van der Waals surface area contributed by atoms with Gasteiger partial charge in [0, 0.05) is 12.1 Å². The van der Waals surface area contributed by atoms with Gasteiger partial charge in [0.15, 0.2) is 11.5 Å². The van der Waals surface area contributed by atoms with Crippen molar-refractivity contribution in [1.82, 2.24) is 9.80 Å². The topological polar surface area (TPSA) is 88.5 Å². The molecule has 1 saturated heterocycles. The zero-order valence-corrected chi connectivity index (χ0v) is 24.0. The zero-order chi connectivity index (χ0) is 28.5. The van der Waals surface area contributed by atoms with Gasteiger partial charge in [-0.3, -0.25) is 9.59 Å². The molecular weight excluding hydrogens is 496 g/mol. The minimum atomic E-state index is -0.761. The lowest BCUT2D eigenvalue weighted by molar-refractivity contribution is -0.139. The molecule has 8 nitrogen and oxygen atoms in total. The maximum absolute atomic E-state index is 13.4. The Morgan fingerprint density at radius 2 is 1.67 bits per heavy atom. The van der Waals surface area contributed by atoms with E-state index >= 15 is 0 Å². The van der Waals surface area contributed by atoms with E-state index < -0.39 is 17.7 Å². The van der Waals surface area contributed by atoms with Gasteiger partial charge < -0.3 is 29.1 Å². The van der Waals surface area contributed by atoms with Crippen molar-refractivity contribution in [2.75, 3.05) is 47.0 Å². The molecule has 39 heavy (non-hydrogen) atoms. The fourth-order valence-electron chi connectivity index (χ4n) is 4.53. The van der Waals surface area contributed by atoms with Gasteiger partial charge in [-0.05, 0) is 95.2 Å². The number of hydrogen-bond donors (Lipinski definition) is 1. The van der Waals surface area contributed by atoms with Gasteiger partial charge in [-0.2, -0.15) is 0 Å². The van der Waals surface area contributed by atoms with Crippen LogP contribution in [0.5, 0.6) is 17.2 Å². The van der Waals surface area contributed by atoms with Crippen molar-refractivity contribution in [2.24, 2.45) is 5.92 Å². The summed E-state index contributed by atoms with van der Waals surface area (Å²) in [5, 5.41) is 11.4. The third kappa shape index (κ3) is 7.53. The molecule has 1 unspecified atom stereocenters. The number of aliphatic hydroxyl groups is 1. The number of aliphatic hydroxyl groups excluding tert-OH is 1. The average molecular weight is 539 g/mol. The van der Waals surface area contributed by atoms with E-state index in [2.05, 4.69) is 13.8 Å². The summed E-state index contributed by atoms with van der Waals surface area (Å²) in [4.78, 5) is 30.2. The van der Waals surface area contributed by atoms with Crippen LogP contribution in [0, 0.1) is 5.92 Å². The summed E-state index contributed by atoms with van der Waals surface area (Å²) in [6.45, 7) is 10.7. The number of Topliss-reactive ketones (excluding diaryl/α,β-unsaturated/α-hetero) is 1. The van der Waals surface area contributed by atoms with Crippen LogP contribution in [0.25, 0.3) is 5.76 Å². The molecule has 1 amide bonds. The Hall–Kier alpha value is -3.52. The first-order valence-electron chi connectivity index (χ1n) is 13.7. The second-order valence-corrected chi connectivity index (χ2v) is 10.3. The predicted molar refractivity (Wildman–Crippen MR) is 152 cm³/mol. The highest BCUT2D eigenvalue weighted by Gasteiger charge is 2.46. The number of amides is 1. The van der Waals surface area contributed by atoms with Crippen molar-refractivity contribution in [3.8, 4) is 17.2 Å². The van der Waals surface area contributed by atoms with Gasteiger partial charge in [-0.1, -0.05) is 19.9 Å². The minimum Gasteiger partial charge on any atom is -0.507 e. The first kappa shape index (κ1) is 30.0. The zero-order valence-electron chi connectivity index (χ0n) is 24.0. The molecule has 1 fully saturated rings.